The summed E-state index contributed by atoms with van der Waals surface area (Å²) in [7, 11) is 0. The van der Waals surface area contributed by atoms with Crippen LogP contribution in [0.2, 0.25) is 0 Å². The van der Waals surface area contributed by atoms with Crippen molar-refractivity contribution in [1.29, 1.82) is 0 Å². The van der Waals surface area contributed by atoms with Gasteiger partial charge < -0.3 is 14.7 Å². The normalized spacial score (nSPS) is 11.1. The maximum atomic E-state index is 10.7. The standard InChI is InChI=1S/C16H25NO3/c1-4-17(12-13(2)3)10-5-11-20-15-8-6-14(7-9-15)16(18)19/h6-9,13H,4-5,10-12H2,1-3H3,(H,18,19). The molecule has 112 valence electrons. The van der Waals surface area contributed by atoms with E-state index in [1.54, 1.807) is 24.3 Å². The van der Waals surface area contributed by atoms with E-state index < -0.39 is 5.97 Å². The Morgan fingerprint density at radius 2 is 1.95 bits per heavy atom. The second kappa shape index (κ2) is 8.59. The second-order valence-corrected chi connectivity index (χ2v) is 5.32. The molecule has 4 heteroatoms. The largest absolute Gasteiger partial charge is 0.494 e. The molecule has 0 aliphatic heterocycles. The number of rotatable bonds is 9. The topological polar surface area (TPSA) is 49.8 Å². The fourth-order valence-electron chi connectivity index (χ4n) is 2.07. The summed E-state index contributed by atoms with van der Waals surface area (Å²) in [5.74, 6) is 0.491. The summed E-state index contributed by atoms with van der Waals surface area (Å²) >= 11 is 0. The molecule has 1 aromatic carbocycles. The van der Waals surface area contributed by atoms with Gasteiger partial charge in [-0.1, -0.05) is 20.8 Å². The van der Waals surface area contributed by atoms with Gasteiger partial charge in [0.05, 0.1) is 12.2 Å². The van der Waals surface area contributed by atoms with Gasteiger partial charge in [-0.25, -0.2) is 4.79 Å². The van der Waals surface area contributed by atoms with Crippen LogP contribution in [0.1, 0.15) is 37.6 Å². The van der Waals surface area contributed by atoms with Gasteiger partial charge in [-0.3, -0.25) is 0 Å². The van der Waals surface area contributed by atoms with Crippen LogP contribution in [0.5, 0.6) is 5.75 Å². The molecule has 0 saturated heterocycles. The maximum absolute atomic E-state index is 10.7. The molecule has 0 atom stereocenters. The monoisotopic (exact) mass is 279 g/mol. The molecule has 0 aliphatic rings. The van der Waals surface area contributed by atoms with Crippen molar-refractivity contribution in [2.45, 2.75) is 27.2 Å². The number of carboxylic acid groups (broad SMARTS) is 1. The third-order valence-corrected chi connectivity index (χ3v) is 3.06. The zero-order chi connectivity index (χ0) is 15.0. The highest BCUT2D eigenvalue weighted by Gasteiger charge is 2.05. The fraction of sp³-hybridized carbons (Fsp3) is 0.562. The van der Waals surface area contributed by atoms with Gasteiger partial charge in [-0.2, -0.15) is 0 Å². The Labute approximate surface area is 121 Å². The van der Waals surface area contributed by atoms with Crippen LogP contribution in [0.25, 0.3) is 0 Å². The lowest BCUT2D eigenvalue weighted by molar-refractivity contribution is 0.0697. The molecular weight excluding hydrogens is 254 g/mol. The molecule has 20 heavy (non-hydrogen) atoms. The number of benzene rings is 1. The average Bonchev–Trinajstić information content (AvgIpc) is 2.42. The van der Waals surface area contributed by atoms with E-state index in [1.165, 1.54) is 0 Å². The first-order valence-electron chi connectivity index (χ1n) is 7.21. The lowest BCUT2D eigenvalue weighted by atomic mass is 10.2. The van der Waals surface area contributed by atoms with Crippen molar-refractivity contribution in [3.8, 4) is 5.75 Å². The number of nitrogens with zero attached hydrogens (tertiary/aromatic N) is 1. The summed E-state index contributed by atoms with van der Waals surface area (Å²) in [4.78, 5) is 13.1. The number of hydrogen-bond donors (Lipinski definition) is 1. The Hall–Kier alpha value is -1.55. The van der Waals surface area contributed by atoms with Crippen LogP contribution >= 0.6 is 0 Å². The van der Waals surface area contributed by atoms with E-state index in [4.69, 9.17) is 9.84 Å². The first-order valence-corrected chi connectivity index (χ1v) is 7.21. The van der Waals surface area contributed by atoms with Gasteiger partial charge in [0, 0.05) is 13.1 Å². The molecule has 0 aromatic heterocycles. The summed E-state index contributed by atoms with van der Waals surface area (Å²) in [6.07, 6.45) is 0.973. The van der Waals surface area contributed by atoms with Crippen LogP contribution in [0.3, 0.4) is 0 Å². The summed E-state index contributed by atoms with van der Waals surface area (Å²) in [5, 5.41) is 8.80. The van der Waals surface area contributed by atoms with Gasteiger partial charge in [-0.05, 0) is 43.1 Å². The van der Waals surface area contributed by atoms with Gasteiger partial charge in [0.1, 0.15) is 5.75 Å². The molecular formula is C16H25NO3. The van der Waals surface area contributed by atoms with Gasteiger partial charge in [0.25, 0.3) is 0 Å². The molecule has 0 heterocycles. The molecule has 4 nitrogen and oxygen atoms in total. The summed E-state index contributed by atoms with van der Waals surface area (Å²) < 4.78 is 5.62. The smallest absolute Gasteiger partial charge is 0.335 e. The van der Waals surface area contributed by atoms with Crippen molar-refractivity contribution in [3.05, 3.63) is 29.8 Å². The second-order valence-electron chi connectivity index (χ2n) is 5.32. The molecule has 0 bridgehead atoms. The van der Waals surface area contributed by atoms with E-state index in [9.17, 15) is 4.79 Å². The van der Waals surface area contributed by atoms with Crippen molar-refractivity contribution in [1.82, 2.24) is 4.90 Å². The predicted octanol–water partition coefficient (Wildman–Crippen LogP) is 3.13. The summed E-state index contributed by atoms with van der Waals surface area (Å²) in [5.41, 5.74) is 0.284. The number of aromatic carboxylic acids is 1. The highest BCUT2D eigenvalue weighted by atomic mass is 16.5. The molecule has 0 amide bonds. The Balaban J connectivity index is 2.28. The minimum Gasteiger partial charge on any atom is -0.494 e. The van der Waals surface area contributed by atoms with E-state index in [0.29, 0.717) is 12.5 Å². The number of carbonyl (C=O) groups is 1. The van der Waals surface area contributed by atoms with Crippen LogP contribution in [0.15, 0.2) is 24.3 Å². The van der Waals surface area contributed by atoms with Gasteiger partial charge in [0.2, 0.25) is 0 Å². The molecule has 0 fully saturated rings. The predicted molar refractivity (Wildman–Crippen MR) is 80.5 cm³/mol. The Morgan fingerprint density at radius 3 is 2.45 bits per heavy atom. The first-order chi connectivity index (χ1) is 9.52. The van der Waals surface area contributed by atoms with Crippen LogP contribution in [-0.4, -0.2) is 42.2 Å². The quantitative estimate of drug-likeness (QED) is 0.706. The molecule has 0 saturated carbocycles. The SMILES string of the molecule is CCN(CCCOc1ccc(C(=O)O)cc1)CC(C)C. The van der Waals surface area contributed by atoms with E-state index in [0.717, 1.165) is 31.8 Å². The van der Waals surface area contributed by atoms with Crippen molar-refractivity contribution in [2.75, 3.05) is 26.2 Å². The Morgan fingerprint density at radius 1 is 1.30 bits per heavy atom. The average molecular weight is 279 g/mol. The Kier molecular flexibility index (Phi) is 7.09. The minimum absolute atomic E-state index is 0.284. The molecule has 1 rings (SSSR count). The zero-order valence-corrected chi connectivity index (χ0v) is 12.6. The third-order valence-electron chi connectivity index (χ3n) is 3.06. The maximum Gasteiger partial charge on any atom is 0.335 e. The van der Waals surface area contributed by atoms with Crippen LogP contribution < -0.4 is 4.74 Å². The molecule has 1 N–H and O–H groups in total. The molecule has 0 radical (unpaired) electrons. The van der Waals surface area contributed by atoms with Crippen molar-refractivity contribution in [3.63, 3.8) is 0 Å². The molecule has 0 spiro atoms. The highest BCUT2D eigenvalue weighted by Crippen LogP contribution is 2.12. The first kappa shape index (κ1) is 16.5. The van der Waals surface area contributed by atoms with Crippen LogP contribution in [-0.2, 0) is 0 Å². The van der Waals surface area contributed by atoms with Gasteiger partial charge in [0.15, 0.2) is 0 Å². The van der Waals surface area contributed by atoms with E-state index in [1.807, 2.05) is 0 Å². The number of ether oxygens (including phenoxy) is 1. The van der Waals surface area contributed by atoms with Crippen molar-refractivity contribution < 1.29 is 14.6 Å². The Bertz CT molecular complexity index is 401. The molecule has 0 unspecified atom stereocenters. The lowest BCUT2D eigenvalue weighted by Crippen LogP contribution is -2.29. The van der Waals surface area contributed by atoms with Crippen molar-refractivity contribution in [2.24, 2.45) is 5.92 Å². The third kappa shape index (κ3) is 6.06. The zero-order valence-electron chi connectivity index (χ0n) is 12.6. The fourth-order valence-corrected chi connectivity index (χ4v) is 2.07. The highest BCUT2D eigenvalue weighted by molar-refractivity contribution is 5.87. The van der Waals surface area contributed by atoms with E-state index in [-0.39, 0.29) is 5.56 Å². The number of hydrogen-bond acceptors (Lipinski definition) is 3. The van der Waals surface area contributed by atoms with Crippen LogP contribution in [0.4, 0.5) is 0 Å². The van der Waals surface area contributed by atoms with Gasteiger partial charge >= 0.3 is 5.97 Å². The molecule has 0 aliphatic carbocycles. The summed E-state index contributed by atoms with van der Waals surface area (Å²) in [6.45, 7) is 10.5. The van der Waals surface area contributed by atoms with E-state index in [2.05, 4.69) is 25.7 Å². The van der Waals surface area contributed by atoms with E-state index >= 15 is 0 Å². The van der Waals surface area contributed by atoms with Crippen LogP contribution in [0, 0.1) is 5.92 Å². The molecule has 1 aromatic rings. The summed E-state index contributed by atoms with van der Waals surface area (Å²) in [6, 6.07) is 6.54. The van der Waals surface area contributed by atoms with Crippen molar-refractivity contribution >= 4 is 5.97 Å². The minimum atomic E-state index is -0.913. The lowest BCUT2D eigenvalue weighted by Gasteiger charge is -2.22. The number of carboxylic acids is 1. The van der Waals surface area contributed by atoms with Gasteiger partial charge in [-0.15, -0.1) is 0 Å².